The Balaban J connectivity index is 0.000000261. The van der Waals surface area contributed by atoms with E-state index in [0.29, 0.717) is 31.9 Å². The predicted octanol–water partition coefficient (Wildman–Crippen LogP) is -0.680. The van der Waals surface area contributed by atoms with Crippen LogP contribution in [0.15, 0.2) is 24.3 Å². The minimum atomic E-state index is -1.08. The molecule has 0 aliphatic rings. The minimum absolute atomic E-state index is 0.360. The van der Waals surface area contributed by atoms with Crippen molar-refractivity contribution in [3.8, 4) is 5.75 Å². The van der Waals surface area contributed by atoms with E-state index < -0.39 is 5.97 Å². The molecule has 1 N–H and O–H groups in total. The molecular formula is C8H8HgO3. The third-order valence-corrected chi connectivity index (χ3v) is 2.77. The molecule has 0 atom stereocenters. The van der Waals surface area contributed by atoms with E-state index in [1.807, 2.05) is 12.1 Å². The first-order valence-electron chi connectivity index (χ1n) is 3.31. The van der Waals surface area contributed by atoms with Gasteiger partial charge in [-0.3, -0.25) is 0 Å². The van der Waals surface area contributed by atoms with Crippen LogP contribution in [0, 0.1) is 0 Å². The zero-order valence-electron chi connectivity index (χ0n) is 6.78. The summed E-state index contributed by atoms with van der Waals surface area (Å²) >= 11 is 0.691. The Bertz CT molecular complexity index is 218. The van der Waals surface area contributed by atoms with Crippen LogP contribution in [0.3, 0.4) is 0 Å². The van der Waals surface area contributed by atoms with Crippen molar-refractivity contribution in [1.82, 2.24) is 0 Å². The van der Waals surface area contributed by atoms with Crippen LogP contribution >= 0.6 is 0 Å². The molecule has 0 fully saturated rings. The van der Waals surface area contributed by atoms with Gasteiger partial charge in [-0.15, -0.1) is 0 Å². The molecule has 0 aliphatic carbocycles. The Kier molecular flexibility index (Phi) is 5.71. The van der Waals surface area contributed by atoms with Gasteiger partial charge in [0, 0.05) is 5.97 Å². The zero-order chi connectivity index (χ0) is 9.56. The molecule has 0 bridgehead atoms. The fourth-order valence-electron chi connectivity index (χ4n) is 0.496. The second-order valence-electron chi connectivity index (χ2n) is 2.16. The van der Waals surface area contributed by atoms with Crippen molar-refractivity contribution < 1.29 is 41.1 Å². The molecule has 0 aliphatic heterocycles. The second-order valence-corrected chi connectivity index (χ2v) is 5.33. The molecule has 3 nitrogen and oxygen atoms in total. The molecule has 0 aromatic heterocycles. The molecule has 12 heavy (non-hydrogen) atoms. The van der Waals surface area contributed by atoms with Gasteiger partial charge >= 0.3 is 64.3 Å². The number of carboxylic acids is 1. The molecule has 0 radical (unpaired) electrons. The van der Waals surface area contributed by atoms with E-state index in [4.69, 9.17) is 15.0 Å². The number of aromatic hydroxyl groups is 1. The summed E-state index contributed by atoms with van der Waals surface area (Å²) in [4.78, 5) is 8.89. The standard InChI is InChI=1S/C6H5O.C2H4O2.Hg/c7-6-4-2-1-3-5-6;1-2(3)4;/h2-5,7H;1H3,(H,3,4);/q;;+1/p-1. The summed E-state index contributed by atoms with van der Waals surface area (Å²) in [6, 6.07) is 7.36. The number of aliphatic carboxylic acids is 1. The van der Waals surface area contributed by atoms with Crippen LogP contribution < -0.4 is 8.18 Å². The summed E-state index contributed by atoms with van der Waals surface area (Å²) in [6.45, 7) is 0.972. The Morgan fingerprint density at radius 1 is 1.42 bits per heavy atom. The molecule has 0 spiro atoms. The van der Waals surface area contributed by atoms with E-state index in [1.54, 1.807) is 12.1 Å². The van der Waals surface area contributed by atoms with Crippen molar-refractivity contribution in [2.24, 2.45) is 0 Å². The van der Waals surface area contributed by atoms with E-state index in [-0.39, 0.29) is 0 Å². The number of benzene rings is 1. The summed E-state index contributed by atoms with van der Waals surface area (Å²) in [5.41, 5.74) is 0. The first-order chi connectivity index (χ1) is 5.52. The van der Waals surface area contributed by atoms with Crippen molar-refractivity contribution >= 4 is 9.04 Å². The average molecular weight is 353 g/mol. The zero-order valence-corrected chi connectivity index (χ0v) is 12.3. The first kappa shape index (κ1) is 11.4. The number of hydrogen-bond acceptors (Lipinski definition) is 3. The Morgan fingerprint density at radius 3 is 2.00 bits per heavy atom. The van der Waals surface area contributed by atoms with Crippen molar-refractivity contribution in [2.75, 3.05) is 0 Å². The Hall–Kier alpha value is -0.575. The third-order valence-electron chi connectivity index (χ3n) is 0.936. The number of carbonyl (C=O) groups is 1. The van der Waals surface area contributed by atoms with Crippen LogP contribution in [-0.2, 0) is 30.9 Å². The molecule has 1 aromatic rings. The van der Waals surface area contributed by atoms with E-state index >= 15 is 0 Å². The van der Waals surface area contributed by atoms with Gasteiger partial charge in [0.2, 0.25) is 0 Å². The van der Waals surface area contributed by atoms with Crippen LogP contribution in [0.5, 0.6) is 5.75 Å². The van der Waals surface area contributed by atoms with Crippen molar-refractivity contribution in [2.45, 2.75) is 6.92 Å². The van der Waals surface area contributed by atoms with Gasteiger partial charge in [0.25, 0.3) is 0 Å². The predicted molar refractivity (Wildman–Crippen MR) is 38.4 cm³/mol. The van der Waals surface area contributed by atoms with Crippen LogP contribution in [0.25, 0.3) is 0 Å². The van der Waals surface area contributed by atoms with Gasteiger partial charge in [-0.1, -0.05) is 0 Å². The molecule has 0 saturated heterocycles. The molecule has 4 heteroatoms. The first-order valence-corrected chi connectivity index (χ1v) is 6.06. The van der Waals surface area contributed by atoms with Crippen LogP contribution in [0.1, 0.15) is 6.92 Å². The average Bonchev–Trinajstić information content (AvgIpc) is 1.94. The maximum atomic E-state index is 8.89. The monoisotopic (exact) mass is 354 g/mol. The van der Waals surface area contributed by atoms with Crippen molar-refractivity contribution in [1.29, 1.82) is 0 Å². The molecule has 60 valence electrons. The number of carboxylic acid groups (broad SMARTS) is 1. The van der Waals surface area contributed by atoms with Crippen LogP contribution in [0.2, 0.25) is 0 Å². The summed E-state index contributed by atoms with van der Waals surface area (Å²) in [5, 5.41) is 17.7. The van der Waals surface area contributed by atoms with Gasteiger partial charge in [0.1, 0.15) is 0 Å². The van der Waals surface area contributed by atoms with Gasteiger partial charge in [0.15, 0.2) is 0 Å². The number of rotatable bonds is 0. The number of phenols is 1. The fraction of sp³-hybridized carbons (Fsp3) is 0.125. The van der Waals surface area contributed by atoms with Crippen LogP contribution in [0.4, 0.5) is 0 Å². The molecule has 0 saturated carbocycles. The fourth-order valence-corrected chi connectivity index (χ4v) is 1.41. The quantitative estimate of drug-likeness (QED) is 0.630. The molecular weight excluding hydrogens is 345 g/mol. The summed E-state index contributed by atoms with van der Waals surface area (Å²) in [6.07, 6.45) is 0. The molecule has 0 unspecified atom stereocenters. The van der Waals surface area contributed by atoms with Gasteiger partial charge in [-0.05, 0) is 6.92 Å². The van der Waals surface area contributed by atoms with E-state index in [9.17, 15) is 0 Å². The van der Waals surface area contributed by atoms with E-state index in [1.165, 1.54) is 3.07 Å². The number of hydrogen-bond donors (Lipinski definition) is 1. The van der Waals surface area contributed by atoms with E-state index in [2.05, 4.69) is 0 Å². The SMILES string of the molecule is CC(=O)[O-].Oc1cc[c]([Hg+])cc1. The normalized spacial score (nSPS) is 8.25. The number of phenolic OH excluding ortho intramolecular Hbond substituents is 1. The third kappa shape index (κ3) is 7.53. The second kappa shape index (κ2) is 6.00. The van der Waals surface area contributed by atoms with Crippen LogP contribution in [-0.4, -0.2) is 11.1 Å². The Morgan fingerprint density at radius 2 is 1.75 bits per heavy atom. The van der Waals surface area contributed by atoms with Gasteiger partial charge < -0.3 is 9.90 Å². The summed E-state index contributed by atoms with van der Waals surface area (Å²) in [7, 11) is 0. The van der Waals surface area contributed by atoms with Crippen molar-refractivity contribution in [3.63, 3.8) is 0 Å². The summed E-state index contributed by atoms with van der Waals surface area (Å²) < 4.78 is 1.36. The Labute approximate surface area is 87.0 Å². The van der Waals surface area contributed by atoms with Crippen molar-refractivity contribution in [3.05, 3.63) is 24.3 Å². The van der Waals surface area contributed by atoms with E-state index in [0.717, 1.165) is 6.92 Å². The topological polar surface area (TPSA) is 60.4 Å². The van der Waals surface area contributed by atoms with Gasteiger partial charge in [-0.2, -0.15) is 0 Å². The maximum absolute atomic E-state index is 8.89. The molecule has 0 heterocycles. The van der Waals surface area contributed by atoms with Gasteiger partial charge in [-0.25, -0.2) is 0 Å². The molecule has 0 amide bonds. The van der Waals surface area contributed by atoms with Gasteiger partial charge in [0.05, 0.1) is 0 Å². The molecule has 1 rings (SSSR count). The molecule has 1 aromatic carbocycles. The summed E-state index contributed by atoms with van der Waals surface area (Å²) in [5.74, 6) is -0.723. The number of carbonyl (C=O) groups excluding carboxylic acids is 1.